The Morgan fingerprint density at radius 2 is 1.96 bits per heavy atom. The fourth-order valence-corrected chi connectivity index (χ4v) is 5.30. The zero-order valence-corrected chi connectivity index (χ0v) is 15.3. The van der Waals surface area contributed by atoms with Crippen molar-refractivity contribution in [1.29, 1.82) is 0 Å². The van der Waals surface area contributed by atoms with Crippen LogP contribution in [0.1, 0.15) is 50.7 Å². The summed E-state index contributed by atoms with van der Waals surface area (Å²) in [5.41, 5.74) is 7.52. The van der Waals surface area contributed by atoms with E-state index in [-0.39, 0.29) is 23.5 Å². The number of methoxy groups -OCH3 is 1. The molecule has 1 atom stereocenters. The Labute approximate surface area is 149 Å². The Hall–Kier alpha value is -1.88. The van der Waals surface area contributed by atoms with Gasteiger partial charge in [0, 0.05) is 18.6 Å². The summed E-state index contributed by atoms with van der Waals surface area (Å²) in [6.45, 7) is 3.99. The molecule has 1 unspecified atom stereocenters. The zero-order chi connectivity index (χ0) is 17.8. The lowest BCUT2D eigenvalue weighted by Gasteiger charge is -2.45. The number of benzene rings is 1. The molecule has 1 aromatic carbocycles. The maximum atomic E-state index is 13.7. The van der Waals surface area contributed by atoms with Crippen molar-refractivity contribution < 1.29 is 9.53 Å². The van der Waals surface area contributed by atoms with E-state index in [9.17, 15) is 4.79 Å². The summed E-state index contributed by atoms with van der Waals surface area (Å²) in [6, 6.07) is 8.29. The highest BCUT2D eigenvalue weighted by atomic mass is 16.5. The summed E-state index contributed by atoms with van der Waals surface area (Å²) >= 11 is 0. The number of fused-ring (bicyclic) bond motifs is 3. The van der Waals surface area contributed by atoms with Gasteiger partial charge in [-0.1, -0.05) is 24.3 Å². The van der Waals surface area contributed by atoms with E-state index in [0.717, 1.165) is 37.7 Å². The van der Waals surface area contributed by atoms with Crippen molar-refractivity contribution in [3.05, 3.63) is 35.4 Å². The fraction of sp³-hybridized carbons (Fsp3) is 0.600. The molecule has 4 rings (SSSR count). The van der Waals surface area contributed by atoms with Crippen LogP contribution in [0.25, 0.3) is 0 Å². The molecule has 1 fully saturated rings. The normalized spacial score (nSPS) is 34.2. The molecule has 5 heteroatoms. The number of rotatable bonds is 2. The van der Waals surface area contributed by atoms with Gasteiger partial charge >= 0.3 is 0 Å². The molecule has 2 N–H and O–H groups in total. The van der Waals surface area contributed by atoms with Crippen molar-refractivity contribution in [2.24, 2.45) is 16.1 Å². The third kappa shape index (κ3) is 2.05. The Kier molecular flexibility index (Phi) is 3.69. The predicted octanol–water partition coefficient (Wildman–Crippen LogP) is 2.58. The van der Waals surface area contributed by atoms with Gasteiger partial charge in [-0.15, -0.1) is 0 Å². The minimum Gasteiger partial charge on any atom is -0.381 e. The van der Waals surface area contributed by atoms with Gasteiger partial charge < -0.3 is 10.5 Å². The van der Waals surface area contributed by atoms with E-state index in [1.54, 1.807) is 12.0 Å². The van der Waals surface area contributed by atoms with Gasteiger partial charge in [0.1, 0.15) is 0 Å². The smallest absolute Gasteiger partial charge is 0.262 e. The van der Waals surface area contributed by atoms with Crippen molar-refractivity contribution in [2.75, 3.05) is 7.11 Å². The average Bonchev–Trinajstić information content (AvgIpc) is 3.02. The molecule has 0 aromatic heterocycles. The number of guanidine groups is 1. The van der Waals surface area contributed by atoms with Crippen molar-refractivity contribution in [3.8, 4) is 0 Å². The summed E-state index contributed by atoms with van der Waals surface area (Å²) < 4.78 is 5.57. The van der Waals surface area contributed by atoms with E-state index in [1.807, 2.05) is 19.9 Å². The number of nitrogens with zero attached hydrogens (tertiary/aromatic N) is 2. The number of aliphatic imine (C=N–C) groups is 1. The first-order valence-corrected chi connectivity index (χ1v) is 9.25. The highest BCUT2D eigenvalue weighted by Gasteiger charge is 2.66. The number of carbonyl (C=O) groups is 1. The van der Waals surface area contributed by atoms with Gasteiger partial charge in [0.25, 0.3) is 5.91 Å². The molecule has 5 nitrogen and oxygen atoms in total. The first-order valence-electron chi connectivity index (χ1n) is 9.25. The molecule has 3 aliphatic rings. The summed E-state index contributed by atoms with van der Waals surface area (Å²) in [5.74, 6) is 0.422. The van der Waals surface area contributed by atoms with E-state index in [2.05, 4.69) is 18.2 Å². The minimum atomic E-state index is -0.851. The molecule has 1 amide bonds. The molecule has 2 spiro atoms. The molecule has 0 saturated heterocycles. The van der Waals surface area contributed by atoms with Crippen LogP contribution >= 0.6 is 0 Å². The molecule has 0 radical (unpaired) electrons. The molecule has 1 heterocycles. The van der Waals surface area contributed by atoms with Crippen molar-refractivity contribution in [3.63, 3.8) is 0 Å². The number of nitrogens with two attached hydrogens (primary N) is 1. The molecular formula is C20H27N3O2. The summed E-state index contributed by atoms with van der Waals surface area (Å²) in [5, 5.41) is 0. The zero-order valence-electron chi connectivity index (χ0n) is 15.3. The molecule has 25 heavy (non-hydrogen) atoms. The number of hydrogen-bond donors (Lipinski definition) is 1. The van der Waals surface area contributed by atoms with Crippen LogP contribution < -0.4 is 5.73 Å². The topological polar surface area (TPSA) is 67.9 Å². The first-order chi connectivity index (χ1) is 11.9. The average molecular weight is 341 g/mol. The standard InChI is InChI=1S/C20H27N3O2/c1-13(2)23-17(24)20(22-18(23)21)16-7-5-4-6-14(16)12-19(20)10-8-15(25-3)9-11-19/h4-7,13,15H,8-12H2,1-3H3,(H2,21,22). The lowest BCUT2D eigenvalue weighted by Crippen LogP contribution is -2.53. The second-order valence-electron chi connectivity index (χ2n) is 8.00. The summed E-state index contributed by atoms with van der Waals surface area (Å²) in [4.78, 5) is 20.3. The van der Waals surface area contributed by atoms with Crippen LogP contribution in [0.4, 0.5) is 0 Å². The van der Waals surface area contributed by atoms with Gasteiger partial charge in [0.05, 0.1) is 6.10 Å². The Morgan fingerprint density at radius 1 is 1.28 bits per heavy atom. The maximum Gasteiger partial charge on any atom is 0.262 e. The van der Waals surface area contributed by atoms with Crippen LogP contribution in [-0.2, 0) is 21.5 Å². The quantitative estimate of drug-likeness (QED) is 0.899. The van der Waals surface area contributed by atoms with Gasteiger partial charge in [0.15, 0.2) is 11.5 Å². The number of amides is 1. The predicted molar refractivity (Wildman–Crippen MR) is 97.1 cm³/mol. The molecular weight excluding hydrogens is 314 g/mol. The molecule has 1 aliphatic heterocycles. The van der Waals surface area contributed by atoms with Crippen LogP contribution in [0.3, 0.4) is 0 Å². The van der Waals surface area contributed by atoms with Crippen LogP contribution in [-0.4, -0.2) is 36.0 Å². The van der Waals surface area contributed by atoms with Crippen molar-refractivity contribution in [1.82, 2.24) is 4.90 Å². The first kappa shape index (κ1) is 16.6. The maximum absolute atomic E-state index is 13.7. The highest BCUT2D eigenvalue weighted by molar-refractivity contribution is 6.08. The van der Waals surface area contributed by atoms with E-state index in [4.69, 9.17) is 15.5 Å². The SMILES string of the molecule is COC1CCC2(CC1)Cc1ccccc1C21N=C(N)N(C(C)C)C1=O. The summed E-state index contributed by atoms with van der Waals surface area (Å²) in [6.07, 6.45) is 5.00. The van der Waals surface area contributed by atoms with E-state index < -0.39 is 5.54 Å². The molecule has 2 aliphatic carbocycles. The van der Waals surface area contributed by atoms with Crippen LogP contribution in [0.15, 0.2) is 29.3 Å². The second-order valence-corrected chi connectivity index (χ2v) is 8.00. The van der Waals surface area contributed by atoms with Gasteiger partial charge in [-0.3, -0.25) is 9.69 Å². The Bertz CT molecular complexity index is 734. The lowest BCUT2D eigenvalue weighted by molar-refractivity contribution is -0.139. The molecule has 134 valence electrons. The monoisotopic (exact) mass is 341 g/mol. The Balaban J connectivity index is 1.86. The Morgan fingerprint density at radius 3 is 2.56 bits per heavy atom. The van der Waals surface area contributed by atoms with E-state index in [1.165, 1.54) is 5.56 Å². The number of ether oxygens (including phenoxy) is 1. The number of hydrogen-bond acceptors (Lipinski definition) is 4. The molecule has 0 bridgehead atoms. The second kappa shape index (κ2) is 5.56. The van der Waals surface area contributed by atoms with Crippen LogP contribution in [0.2, 0.25) is 0 Å². The van der Waals surface area contributed by atoms with Crippen LogP contribution in [0, 0.1) is 5.41 Å². The number of carbonyl (C=O) groups excluding carboxylic acids is 1. The van der Waals surface area contributed by atoms with Gasteiger partial charge in [-0.25, -0.2) is 4.99 Å². The van der Waals surface area contributed by atoms with Crippen molar-refractivity contribution in [2.45, 2.75) is 63.6 Å². The summed E-state index contributed by atoms with van der Waals surface area (Å²) in [7, 11) is 1.78. The third-order valence-corrected chi connectivity index (χ3v) is 6.50. The lowest BCUT2D eigenvalue weighted by atomic mass is 9.61. The van der Waals surface area contributed by atoms with Gasteiger partial charge in [-0.2, -0.15) is 0 Å². The van der Waals surface area contributed by atoms with Crippen molar-refractivity contribution >= 4 is 11.9 Å². The van der Waals surface area contributed by atoms with E-state index in [0.29, 0.717) is 5.96 Å². The molecule has 1 saturated carbocycles. The molecule has 1 aromatic rings. The highest BCUT2D eigenvalue weighted by Crippen LogP contribution is 2.61. The largest absolute Gasteiger partial charge is 0.381 e. The van der Waals surface area contributed by atoms with E-state index >= 15 is 0 Å². The fourth-order valence-electron chi connectivity index (χ4n) is 5.30. The van der Waals surface area contributed by atoms with Gasteiger partial charge in [-0.05, 0) is 57.1 Å². The van der Waals surface area contributed by atoms with Crippen LogP contribution in [0.5, 0.6) is 0 Å². The third-order valence-electron chi connectivity index (χ3n) is 6.50. The van der Waals surface area contributed by atoms with Gasteiger partial charge in [0.2, 0.25) is 0 Å². The minimum absolute atomic E-state index is 0.00996.